The molecule has 0 unspecified atom stereocenters. The molecule has 21 heavy (non-hydrogen) atoms. The summed E-state index contributed by atoms with van der Waals surface area (Å²) in [5.41, 5.74) is 2.81. The summed E-state index contributed by atoms with van der Waals surface area (Å²) in [6, 6.07) is 5.54. The van der Waals surface area contributed by atoms with Crippen LogP contribution >= 0.6 is 11.8 Å². The Balaban J connectivity index is 2.43. The van der Waals surface area contributed by atoms with E-state index in [1.165, 1.54) is 17.8 Å². The number of aryl methyl sites for hydroxylation is 3. The molecular weight excluding hydrogens is 284 g/mol. The standard InChI is InChI=1S/C15H16N4OS/c1-4-5-11-7-13(20)19-15(18-11)21-14-12(8-16)9(2)6-10(3)17-14/h6-7H,4-5H2,1-3H3,(H,18,19,20). The Bertz CT molecular complexity index is 761. The summed E-state index contributed by atoms with van der Waals surface area (Å²) in [5.74, 6) is 0. The largest absolute Gasteiger partial charge is 0.301 e. The molecule has 2 rings (SSSR count). The number of aromatic nitrogens is 3. The fraction of sp³-hybridized carbons (Fsp3) is 0.333. The van der Waals surface area contributed by atoms with Crippen molar-refractivity contribution in [1.82, 2.24) is 15.0 Å². The number of nitrogens with one attached hydrogen (secondary N) is 1. The van der Waals surface area contributed by atoms with E-state index in [1.807, 2.05) is 26.8 Å². The van der Waals surface area contributed by atoms with E-state index in [1.54, 1.807) is 0 Å². The highest BCUT2D eigenvalue weighted by atomic mass is 32.2. The molecule has 0 saturated carbocycles. The third-order valence-corrected chi connectivity index (χ3v) is 3.77. The van der Waals surface area contributed by atoms with Gasteiger partial charge in [-0.3, -0.25) is 4.79 Å². The summed E-state index contributed by atoms with van der Waals surface area (Å²) in [6.07, 6.45) is 1.68. The number of pyridine rings is 1. The zero-order chi connectivity index (χ0) is 15.4. The fourth-order valence-corrected chi connectivity index (χ4v) is 3.02. The van der Waals surface area contributed by atoms with Crippen molar-refractivity contribution < 1.29 is 0 Å². The second-order valence-corrected chi connectivity index (χ2v) is 5.74. The van der Waals surface area contributed by atoms with E-state index in [9.17, 15) is 10.1 Å². The molecule has 2 aromatic rings. The summed E-state index contributed by atoms with van der Waals surface area (Å²) in [6.45, 7) is 5.79. The van der Waals surface area contributed by atoms with E-state index >= 15 is 0 Å². The molecule has 0 aromatic carbocycles. The van der Waals surface area contributed by atoms with Crippen LogP contribution in [0.2, 0.25) is 0 Å². The lowest BCUT2D eigenvalue weighted by molar-refractivity contribution is 0.814. The molecule has 2 heterocycles. The van der Waals surface area contributed by atoms with E-state index in [2.05, 4.69) is 21.0 Å². The number of hydrogen-bond acceptors (Lipinski definition) is 5. The van der Waals surface area contributed by atoms with Gasteiger partial charge in [-0.1, -0.05) is 13.3 Å². The molecule has 0 radical (unpaired) electrons. The van der Waals surface area contributed by atoms with Crippen molar-refractivity contribution in [2.45, 2.75) is 43.8 Å². The predicted octanol–water partition coefficient (Wildman–Crippen LogP) is 2.76. The highest BCUT2D eigenvalue weighted by Crippen LogP contribution is 2.27. The molecule has 0 bridgehead atoms. The molecule has 0 fully saturated rings. The zero-order valence-corrected chi connectivity index (χ0v) is 13.0. The first-order chi connectivity index (χ1) is 10.0. The van der Waals surface area contributed by atoms with Gasteiger partial charge in [0.15, 0.2) is 5.16 Å². The Labute approximate surface area is 127 Å². The molecule has 108 valence electrons. The van der Waals surface area contributed by atoms with Crippen LogP contribution < -0.4 is 5.56 Å². The van der Waals surface area contributed by atoms with Crippen LogP contribution in [-0.2, 0) is 6.42 Å². The van der Waals surface area contributed by atoms with E-state index in [-0.39, 0.29) is 5.56 Å². The summed E-state index contributed by atoms with van der Waals surface area (Å²) in [7, 11) is 0. The lowest BCUT2D eigenvalue weighted by atomic mass is 10.1. The molecule has 5 nitrogen and oxygen atoms in total. The van der Waals surface area contributed by atoms with Crippen molar-refractivity contribution >= 4 is 11.8 Å². The second kappa shape index (κ2) is 6.55. The zero-order valence-electron chi connectivity index (χ0n) is 12.2. The van der Waals surface area contributed by atoms with Gasteiger partial charge >= 0.3 is 0 Å². The Morgan fingerprint density at radius 1 is 1.33 bits per heavy atom. The van der Waals surface area contributed by atoms with Crippen LogP contribution in [0, 0.1) is 25.2 Å². The van der Waals surface area contributed by atoms with Gasteiger partial charge in [0, 0.05) is 17.5 Å². The maximum atomic E-state index is 11.7. The number of nitrogens with zero attached hydrogens (tertiary/aromatic N) is 3. The number of rotatable bonds is 4. The summed E-state index contributed by atoms with van der Waals surface area (Å²) >= 11 is 1.22. The Morgan fingerprint density at radius 2 is 2.10 bits per heavy atom. The third-order valence-electron chi connectivity index (χ3n) is 2.90. The minimum absolute atomic E-state index is 0.182. The normalized spacial score (nSPS) is 10.4. The summed E-state index contributed by atoms with van der Waals surface area (Å²) < 4.78 is 0. The molecule has 0 amide bonds. The van der Waals surface area contributed by atoms with E-state index in [0.29, 0.717) is 15.7 Å². The van der Waals surface area contributed by atoms with Crippen molar-refractivity contribution in [2.75, 3.05) is 0 Å². The smallest absolute Gasteiger partial charge is 0.251 e. The molecule has 0 aliphatic heterocycles. The van der Waals surface area contributed by atoms with Crippen LogP contribution in [0.5, 0.6) is 0 Å². The van der Waals surface area contributed by atoms with Crippen molar-refractivity contribution in [1.29, 1.82) is 5.26 Å². The Kier molecular flexibility index (Phi) is 4.76. The van der Waals surface area contributed by atoms with Crippen molar-refractivity contribution in [2.24, 2.45) is 0 Å². The monoisotopic (exact) mass is 300 g/mol. The van der Waals surface area contributed by atoms with E-state index < -0.39 is 0 Å². The first kappa shape index (κ1) is 15.3. The average molecular weight is 300 g/mol. The number of aromatic amines is 1. The van der Waals surface area contributed by atoms with Crippen LogP contribution in [0.1, 0.15) is 35.9 Å². The van der Waals surface area contributed by atoms with Crippen molar-refractivity contribution in [3.63, 3.8) is 0 Å². The first-order valence-electron chi connectivity index (χ1n) is 6.70. The van der Waals surface area contributed by atoms with Crippen LogP contribution in [0.4, 0.5) is 0 Å². The van der Waals surface area contributed by atoms with Gasteiger partial charge < -0.3 is 4.98 Å². The SMILES string of the molecule is CCCc1cc(=O)[nH]c(Sc2nc(C)cc(C)c2C#N)n1. The van der Waals surface area contributed by atoms with Crippen molar-refractivity contribution in [3.8, 4) is 6.07 Å². The van der Waals surface area contributed by atoms with Crippen LogP contribution in [-0.4, -0.2) is 15.0 Å². The minimum atomic E-state index is -0.182. The molecular formula is C15H16N4OS. The maximum absolute atomic E-state index is 11.7. The number of hydrogen-bond donors (Lipinski definition) is 1. The van der Waals surface area contributed by atoms with Gasteiger partial charge in [0.25, 0.3) is 5.56 Å². The summed E-state index contributed by atoms with van der Waals surface area (Å²) in [4.78, 5) is 23.2. The van der Waals surface area contributed by atoms with E-state index in [0.717, 1.165) is 29.8 Å². The molecule has 0 aliphatic rings. The minimum Gasteiger partial charge on any atom is -0.301 e. The van der Waals surface area contributed by atoms with Gasteiger partial charge in [-0.2, -0.15) is 5.26 Å². The summed E-state index contributed by atoms with van der Waals surface area (Å²) in [5, 5.41) is 10.3. The van der Waals surface area contributed by atoms with Gasteiger partial charge in [-0.15, -0.1) is 0 Å². The van der Waals surface area contributed by atoms with Crippen LogP contribution in [0.25, 0.3) is 0 Å². The maximum Gasteiger partial charge on any atom is 0.251 e. The van der Waals surface area contributed by atoms with Gasteiger partial charge in [0.05, 0.1) is 5.56 Å². The molecule has 0 spiro atoms. The van der Waals surface area contributed by atoms with Gasteiger partial charge in [0.1, 0.15) is 11.1 Å². The molecule has 2 aromatic heterocycles. The lowest BCUT2D eigenvalue weighted by Gasteiger charge is -2.07. The van der Waals surface area contributed by atoms with Crippen LogP contribution in [0.15, 0.2) is 27.1 Å². The Hall–Kier alpha value is -2.13. The molecule has 6 heteroatoms. The van der Waals surface area contributed by atoms with Crippen molar-refractivity contribution in [3.05, 3.63) is 45.0 Å². The highest BCUT2D eigenvalue weighted by Gasteiger charge is 2.12. The van der Waals surface area contributed by atoms with Gasteiger partial charge in [-0.05, 0) is 43.7 Å². The predicted molar refractivity (Wildman–Crippen MR) is 81.4 cm³/mol. The highest BCUT2D eigenvalue weighted by molar-refractivity contribution is 7.99. The van der Waals surface area contributed by atoms with Gasteiger partial charge in [-0.25, -0.2) is 9.97 Å². The number of nitriles is 1. The second-order valence-electron chi connectivity index (χ2n) is 4.77. The molecule has 0 atom stereocenters. The Morgan fingerprint density at radius 3 is 2.76 bits per heavy atom. The van der Waals surface area contributed by atoms with Gasteiger partial charge in [0.2, 0.25) is 0 Å². The van der Waals surface area contributed by atoms with Crippen LogP contribution in [0.3, 0.4) is 0 Å². The quantitative estimate of drug-likeness (QED) is 0.878. The number of H-pyrrole nitrogens is 1. The first-order valence-corrected chi connectivity index (χ1v) is 7.51. The fourth-order valence-electron chi connectivity index (χ4n) is 2.02. The topological polar surface area (TPSA) is 82.4 Å². The lowest BCUT2D eigenvalue weighted by Crippen LogP contribution is -2.10. The molecule has 0 saturated heterocycles. The third kappa shape index (κ3) is 3.70. The molecule has 0 aliphatic carbocycles. The molecule has 1 N–H and O–H groups in total. The van der Waals surface area contributed by atoms with E-state index in [4.69, 9.17) is 0 Å². The average Bonchev–Trinajstić information content (AvgIpc) is 2.37.